The van der Waals surface area contributed by atoms with Crippen molar-refractivity contribution in [3.63, 3.8) is 0 Å². The van der Waals surface area contributed by atoms with Gasteiger partial charge in [0.15, 0.2) is 5.79 Å². The summed E-state index contributed by atoms with van der Waals surface area (Å²) in [5, 5.41) is 28.0. The van der Waals surface area contributed by atoms with Crippen LogP contribution in [0.5, 0.6) is 5.75 Å². The van der Waals surface area contributed by atoms with Gasteiger partial charge in [0.05, 0.1) is 30.0 Å². The van der Waals surface area contributed by atoms with E-state index in [2.05, 4.69) is 20.7 Å². The average molecular weight is 445 g/mol. The van der Waals surface area contributed by atoms with E-state index in [1.807, 2.05) is 18.2 Å². The number of piperidine rings is 1. The van der Waals surface area contributed by atoms with E-state index in [1.165, 1.54) is 0 Å². The van der Waals surface area contributed by atoms with Gasteiger partial charge in [0.1, 0.15) is 5.75 Å². The SMILES string of the molecule is COc1ccc(CNC2(N3CCC(O)CC3)NN=Cc3ccc(C(=O)O)cc32)cc1Cl. The molecule has 0 spiro atoms. The molecule has 2 aromatic rings. The Bertz CT molecular complexity index is 1010. The number of aromatic carboxylic acids is 1. The van der Waals surface area contributed by atoms with Gasteiger partial charge in [0.25, 0.3) is 0 Å². The van der Waals surface area contributed by atoms with Crippen molar-refractivity contribution in [2.45, 2.75) is 31.3 Å². The summed E-state index contributed by atoms with van der Waals surface area (Å²) in [6.45, 7) is 1.69. The van der Waals surface area contributed by atoms with Crippen molar-refractivity contribution in [2.75, 3.05) is 20.2 Å². The Labute approximate surface area is 185 Å². The second-order valence-electron chi connectivity index (χ2n) is 7.73. The molecule has 2 aliphatic rings. The lowest BCUT2D eigenvalue weighted by Crippen LogP contribution is -2.66. The van der Waals surface area contributed by atoms with Crippen LogP contribution >= 0.6 is 11.6 Å². The zero-order valence-electron chi connectivity index (χ0n) is 17.1. The molecular weight excluding hydrogens is 420 g/mol. The maximum atomic E-state index is 11.6. The van der Waals surface area contributed by atoms with Gasteiger partial charge in [-0.05, 0) is 42.7 Å². The summed E-state index contributed by atoms with van der Waals surface area (Å²) < 4.78 is 5.23. The van der Waals surface area contributed by atoms with Gasteiger partial charge in [-0.1, -0.05) is 23.7 Å². The predicted molar refractivity (Wildman–Crippen MR) is 117 cm³/mol. The second-order valence-corrected chi connectivity index (χ2v) is 8.14. The molecule has 164 valence electrons. The first-order chi connectivity index (χ1) is 14.9. The first kappa shape index (κ1) is 21.6. The Hall–Kier alpha value is -2.65. The molecule has 4 rings (SSSR count). The van der Waals surface area contributed by atoms with Crippen LogP contribution in [0.4, 0.5) is 0 Å². The first-order valence-corrected chi connectivity index (χ1v) is 10.5. The van der Waals surface area contributed by atoms with E-state index in [0.29, 0.717) is 43.2 Å². The van der Waals surface area contributed by atoms with Gasteiger partial charge in [-0.25, -0.2) is 4.79 Å². The molecule has 9 heteroatoms. The van der Waals surface area contributed by atoms with Crippen LogP contribution in [0, 0.1) is 0 Å². The van der Waals surface area contributed by atoms with Crippen LogP contribution in [0.2, 0.25) is 5.02 Å². The largest absolute Gasteiger partial charge is 0.495 e. The molecule has 2 aromatic carbocycles. The molecule has 1 atom stereocenters. The molecule has 31 heavy (non-hydrogen) atoms. The van der Waals surface area contributed by atoms with Gasteiger partial charge < -0.3 is 14.9 Å². The number of aliphatic hydroxyl groups excluding tert-OH is 1. The van der Waals surface area contributed by atoms with E-state index in [9.17, 15) is 15.0 Å². The number of halogens is 1. The van der Waals surface area contributed by atoms with Crippen LogP contribution < -0.4 is 15.5 Å². The number of aliphatic hydroxyl groups is 1. The number of hydrogen-bond donors (Lipinski definition) is 4. The molecule has 0 radical (unpaired) electrons. The number of fused-ring (bicyclic) bond motifs is 1. The quantitative estimate of drug-likeness (QED) is 0.541. The number of nitrogens with zero attached hydrogens (tertiary/aromatic N) is 2. The topological polar surface area (TPSA) is 106 Å². The van der Waals surface area contributed by atoms with Crippen molar-refractivity contribution >= 4 is 23.8 Å². The summed E-state index contributed by atoms with van der Waals surface area (Å²) in [6, 6.07) is 10.6. The molecule has 2 heterocycles. The van der Waals surface area contributed by atoms with E-state index in [1.54, 1.807) is 31.5 Å². The highest BCUT2D eigenvalue weighted by Gasteiger charge is 2.43. The van der Waals surface area contributed by atoms with E-state index in [4.69, 9.17) is 16.3 Å². The molecule has 1 unspecified atom stereocenters. The molecule has 0 aliphatic carbocycles. The maximum Gasteiger partial charge on any atom is 0.335 e. The van der Waals surface area contributed by atoms with Gasteiger partial charge >= 0.3 is 5.97 Å². The van der Waals surface area contributed by atoms with Crippen LogP contribution in [0.15, 0.2) is 41.5 Å². The summed E-state index contributed by atoms with van der Waals surface area (Å²) in [5.74, 6) is -1.32. The van der Waals surface area contributed by atoms with E-state index >= 15 is 0 Å². The third-order valence-corrected chi connectivity index (χ3v) is 6.12. The summed E-state index contributed by atoms with van der Waals surface area (Å²) >= 11 is 6.29. The summed E-state index contributed by atoms with van der Waals surface area (Å²) in [7, 11) is 1.57. The first-order valence-electron chi connectivity index (χ1n) is 10.1. The Morgan fingerprint density at radius 2 is 2.10 bits per heavy atom. The van der Waals surface area contributed by atoms with Gasteiger partial charge in [0.2, 0.25) is 0 Å². The fourth-order valence-corrected chi connectivity index (χ4v) is 4.39. The third kappa shape index (κ3) is 4.24. The number of nitrogens with one attached hydrogen (secondary N) is 2. The van der Waals surface area contributed by atoms with E-state index in [-0.39, 0.29) is 11.7 Å². The van der Waals surface area contributed by atoms with Crippen LogP contribution in [0.3, 0.4) is 0 Å². The minimum Gasteiger partial charge on any atom is -0.495 e. The predicted octanol–water partition coefficient (Wildman–Crippen LogP) is 2.34. The number of hydrazone groups is 1. The zero-order valence-corrected chi connectivity index (χ0v) is 17.9. The molecule has 0 aromatic heterocycles. The number of methoxy groups -OCH3 is 1. The third-order valence-electron chi connectivity index (χ3n) is 5.82. The molecular formula is C22H25ClN4O4. The summed E-state index contributed by atoms with van der Waals surface area (Å²) in [5.41, 5.74) is 5.94. The Morgan fingerprint density at radius 1 is 1.32 bits per heavy atom. The lowest BCUT2D eigenvalue weighted by molar-refractivity contribution is -0.0300. The fraction of sp³-hybridized carbons (Fsp3) is 0.364. The van der Waals surface area contributed by atoms with Crippen molar-refractivity contribution in [3.8, 4) is 5.75 Å². The summed E-state index contributed by atoms with van der Waals surface area (Å²) in [4.78, 5) is 13.8. The number of carbonyl (C=O) groups is 1. The number of benzene rings is 2. The van der Waals surface area contributed by atoms with Crippen molar-refractivity contribution < 1.29 is 19.7 Å². The van der Waals surface area contributed by atoms with Gasteiger partial charge in [-0.15, -0.1) is 0 Å². The molecule has 4 N–H and O–H groups in total. The Kier molecular flexibility index (Phi) is 6.15. The van der Waals surface area contributed by atoms with E-state index < -0.39 is 11.8 Å². The van der Waals surface area contributed by atoms with Crippen molar-refractivity contribution in [1.82, 2.24) is 15.6 Å². The van der Waals surface area contributed by atoms with Crippen molar-refractivity contribution in [3.05, 3.63) is 63.7 Å². The Morgan fingerprint density at radius 3 is 2.77 bits per heavy atom. The number of carboxylic acids is 1. The molecule has 0 bridgehead atoms. The monoisotopic (exact) mass is 444 g/mol. The molecule has 2 aliphatic heterocycles. The molecule has 0 saturated carbocycles. The number of ether oxygens (including phenoxy) is 1. The number of hydrogen-bond acceptors (Lipinski definition) is 7. The molecule has 1 fully saturated rings. The lowest BCUT2D eigenvalue weighted by Gasteiger charge is -2.48. The molecule has 8 nitrogen and oxygen atoms in total. The highest BCUT2D eigenvalue weighted by atomic mass is 35.5. The van der Waals surface area contributed by atoms with Crippen molar-refractivity contribution in [2.24, 2.45) is 5.10 Å². The average Bonchev–Trinajstić information content (AvgIpc) is 2.78. The normalized spacial score (nSPS) is 21.4. The standard InChI is InChI=1S/C22H25ClN4O4/c1-31-20-5-2-14(10-19(20)23)12-24-22(27-8-6-17(28)7-9-27)18-11-15(21(29)30)3-4-16(18)13-25-26-22/h2-5,10-11,13,17,24,26,28H,6-9,12H2,1H3,(H,29,30). The number of likely N-dealkylation sites (tertiary alicyclic amines) is 1. The Balaban J connectivity index is 1.72. The van der Waals surface area contributed by atoms with Crippen LogP contribution in [0.1, 0.15) is 39.9 Å². The minimum atomic E-state index is -0.991. The van der Waals surface area contributed by atoms with Crippen molar-refractivity contribution in [1.29, 1.82) is 0 Å². The van der Waals surface area contributed by atoms with Crippen LogP contribution in [-0.4, -0.2) is 53.6 Å². The van der Waals surface area contributed by atoms with Gasteiger partial charge in [0, 0.05) is 30.8 Å². The molecule has 1 saturated heterocycles. The van der Waals surface area contributed by atoms with Gasteiger partial charge in [-0.3, -0.25) is 15.6 Å². The highest BCUT2D eigenvalue weighted by molar-refractivity contribution is 6.32. The number of rotatable bonds is 6. The zero-order chi connectivity index (χ0) is 22.0. The smallest absolute Gasteiger partial charge is 0.335 e. The van der Waals surface area contributed by atoms with Gasteiger partial charge in [-0.2, -0.15) is 5.10 Å². The summed E-state index contributed by atoms with van der Waals surface area (Å²) in [6.07, 6.45) is 2.59. The minimum absolute atomic E-state index is 0.201. The number of carboxylic acid groups (broad SMARTS) is 1. The second kappa shape index (κ2) is 8.84. The molecule has 0 amide bonds. The van der Waals surface area contributed by atoms with Crippen LogP contribution in [0.25, 0.3) is 0 Å². The lowest BCUT2D eigenvalue weighted by atomic mass is 9.94. The van der Waals surface area contributed by atoms with E-state index in [0.717, 1.165) is 16.7 Å². The highest BCUT2D eigenvalue weighted by Crippen LogP contribution is 2.33. The maximum absolute atomic E-state index is 11.6. The fourth-order valence-electron chi connectivity index (χ4n) is 4.11. The van der Waals surface area contributed by atoms with Crippen LogP contribution in [-0.2, 0) is 12.3 Å².